The van der Waals surface area contributed by atoms with Crippen LogP contribution in [0.5, 0.6) is 0 Å². The first kappa shape index (κ1) is 17.8. The van der Waals surface area contributed by atoms with E-state index in [4.69, 9.17) is 0 Å². The molecule has 1 rings (SSSR count). The highest BCUT2D eigenvalue weighted by molar-refractivity contribution is 5.76. The van der Waals surface area contributed by atoms with Gasteiger partial charge in [-0.3, -0.25) is 4.79 Å². The van der Waals surface area contributed by atoms with Crippen LogP contribution in [0.25, 0.3) is 0 Å². The number of carbonyl (C=O) groups excluding carboxylic acids is 2. The third kappa shape index (κ3) is 6.80. The highest BCUT2D eigenvalue weighted by atomic mass is 16.2. The van der Waals surface area contributed by atoms with E-state index in [1.54, 1.807) is 19.0 Å². The molecular formula is C15H30N4O2. The number of amides is 3. The Morgan fingerprint density at radius 2 is 1.76 bits per heavy atom. The van der Waals surface area contributed by atoms with E-state index in [0.29, 0.717) is 19.0 Å². The summed E-state index contributed by atoms with van der Waals surface area (Å²) in [6, 6.07) is 0.483. The van der Waals surface area contributed by atoms with Crippen LogP contribution in [-0.2, 0) is 4.79 Å². The molecule has 1 aliphatic heterocycles. The smallest absolute Gasteiger partial charge is 0.319 e. The van der Waals surface area contributed by atoms with Crippen LogP contribution in [0, 0.1) is 0 Å². The van der Waals surface area contributed by atoms with Gasteiger partial charge in [0.25, 0.3) is 0 Å². The van der Waals surface area contributed by atoms with Gasteiger partial charge in [-0.25, -0.2) is 4.79 Å². The van der Waals surface area contributed by atoms with Gasteiger partial charge in [-0.1, -0.05) is 0 Å². The molecule has 0 bridgehead atoms. The molecule has 0 aromatic rings. The summed E-state index contributed by atoms with van der Waals surface area (Å²) in [5, 5.41) is 6.37. The summed E-state index contributed by atoms with van der Waals surface area (Å²) < 4.78 is 0. The molecule has 6 heteroatoms. The minimum absolute atomic E-state index is 0.0789. The largest absolute Gasteiger partial charge is 0.351 e. The van der Waals surface area contributed by atoms with Gasteiger partial charge in [0, 0.05) is 51.7 Å². The summed E-state index contributed by atoms with van der Waals surface area (Å²) in [6.45, 7) is 8.20. The lowest BCUT2D eigenvalue weighted by Crippen LogP contribution is -2.48. The highest BCUT2D eigenvalue weighted by Crippen LogP contribution is 2.11. The van der Waals surface area contributed by atoms with E-state index in [-0.39, 0.29) is 17.5 Å². The van der Waals surface area contributed by atoms with Gasteiger partial charge in [-0.2, -0.15) is 0 Å². The molecule has 6 nitrogen and oxygen atoms in total. The number of carbonyl (C=O) groups is 2. The van der Waals surface area contributed by atoms with Crippen molar-refractivity contribution in [2.24, 2.45) is 0 Å². The Labute approximate surface area is 128 Å². The molecule has 1 heterocycles. The fourth-order valence-corrected chi connectivity index (χ4v) is 2.43. The molecule has 0 aromatic carbocycles. The molecular weight excluding hydrogens is 268 g/mol. The molecule has 0 aromatic heterocycles. The fraction of sp³-hybridized carbons (Fsp3) is 0.867. The Balaban J connectivity index is 2.19. The molecule has 0 aliphatic carbocycles. The van der Waals surface area contributed by atoms with Gasteiger partial charge in [0.15, 0.2) is 0 Å². The summed E-state index contributed by atoms with van der Waals surface area (Å²) in [6.07, 6.45) is 2.38. The van der Waals surface area contributed by atoms with Crippen LogP contribution in [0.15, 0.2) is 0 Å². The number of nitrogens with zero attached hydrogens (tertiary/aromatic N) is 2. The second-order valence-electron chi connectivity index (χ2n) is 6.94. The van der Waals surface area contributed by atoms with Gasteiger partial charge >= 0.3 is 6.03 Å². The van der Waals surface area contributed by atoms with Crippen molar-refractivity contribution in [3.63, 3.8) is 0 Å². The van der Waals surface area contributed by atoms with Crippen molar-refractivity contribution in [1.82, 2.24) is 20.4 Å². The molecule has 0 saturated carbocycles. The van der Waals surface area contributed by atoms with E-state index in [9.17, 15) is 9.59 Å². The number of likely N-dealkylation sites (tertiary alicyclic amines) is 1. The summed E-state index contributed by atoms with van der Waals surface area (Å²) in [5.74, 6) is 0.0789. The van der Waals surface area contributed by atoms with E-state index in [0.717, 1.165) is 25.9 Å². The maximum atomic E-state index is 11.8. The van der Waals surface area contributed by atoms with Crippen molar-refractivity contribution >= 4 is 11.9 Å². The first-order valence-electron chi connectivity index (χ1n) is 7.69. The highest BCUT2D eigenvalue weighted by Gasteiger charge is 2.23. The standard InChI is InChI=1S/C15H30N4O2/c1-15(2,3)17-13(20)6-9-16-12-7-10-19(11-8-12)14(21)18(4)5/h12,16H,6-11H2,1-5H3,(H,17,20). The van der Waals surface area contributed by atoms with Crippen LogP contribution < -0.4 is 10.6 Å². The minimum atomic E-state index is -0.172. The summed E-state index contributed by atoms with van der Waals surface area (Å²) in [5.41, 5.74) is -0.172. The van der Waals surface area contributed by atoms with E-state index in [2.05, 4.69) is 10.6 Å². The SMILES string of the molecule is CN(C)C(=O)N1CCC(NCCC(=O)NC(C)(C)C)CC1. The van der Waals surface area contributed by atoms with Crippen LogP contribution in [0.3, 0.4) is 0 Å². The molecule has 0 unspecified atom stereocenters. The van der Waals surface area contributed by atoms with Gasteiger partial charge in [0.2, 0.25) is 5.91 Å². The van der Waals surface area contributed by atoms with Gasteiger partial charge in [0.05, 0.1) is 0 Å². The number of rotatable bonds is 4. The zero-order valence-electron chi connectivity index (χ0n) is 14.0. The van der Waals surface area contributed by atoms with Crippen molar-refractivity contribution < 1.29 is 9.59 Å². The average Bonchev–Trinajstić information content (AvgIpc) is 2.36. The van der Waals surface area contributed by atoms with Crippen LogP contribution in [0.4, 0.5) is 4.79 Å². The lowest BCUT2D eigenvalue weighted by atomic mass is 10.1. The van der Waals surface area contributed by atoms with E-state index < -0.39 is 0 Å². The Morgan fingerprint density at radius 1 is 1.19 bits per heavy atom. The zero-order chi connectivity index (χ0) is 16.0. The molecule has 122 valence electrons. The van der Waals surface area contributed by atoms with Crippen molar-refractivity contribution in [2.75, 3.05) is 33.7 Å². The average molecular weight is 298 g/mol. The van der Waals surface area contributed by atoms with Crippen LogP contribution in [0.1, 0.15) is 40.0 Å². The molecule has 0 spiro atoms. The van der Waals surface area contributed by atoms with Crippen molar-refractivity contribution in [2.45, 2.75) is 51.6 Å². The molecule has 21 heavy (non-hydrogen) atoms. The first-order valence-corrected chi connectivity index (χ1v) is 7.69. The maximum absolute atomic E-state index is 11.8. The van der Waals surface area contributed by atoms with Crippen molar-refractivity contribution in [3.8, 4) is 0 Å². The molecule has 1 saturated heterocycles. The molecule has 1 fully saturated rings. The summed E-state index contributed by atoms with van der Waals surface area (Å²) >= 11 is 0. The molecule has 3 amide bonds. The second-order valence-corrected chi connectivity index (χ2v) is 6.94. The van der Waals surface area contributed by atoms with Gasteiger partial charge < -0.3 is 20.4 Å². The van der Waals surface area contributed by atoms with Gasteiger partial charge in [-0.15, -0.1) is 0 Å². The molecule has 0 atom stereocenters. The Hall–Kier alpha value is -1.30. The number of nitrogens with one attached hydrogen (secondary N) is 2. The Morgan fingerprint density at radius 3 is 2.24 bits per heavy atom. The summed E-state index contributed by atoms with van der Waals surface area (Å²) in [4.78, 5) is 27.0. The zero-order valence-corrected chi connectivity index (χ0v) is 14.0. The maximum Gasteiger partial charge on any atom is 0.319 e. The topological polar surface area (TPSA) is 64.7 Å². The van der Waals surface area contributed by atoms with Crippen molar-refractivity contribution in [1.29, 1.82) is 0 Å². The number of hydrogen-bond acceptors (Lipinski definition) is 3. The molecule has 2 N–H and O–H groups in total. The minimum Gasteiger partial charge on any atom is -0.351 e. The Bertz CT molecular complexity index is 355. The number of urea groups is 1. The van der Waals surface area contributed by atoms with Gasteiger partial charge in [0.1, 0.15) is 0 Å². The van der Waals surface area contributed by atoms with Crippen molar-refractivity contribution in [3.05, 3.63) is 0 Å². The predicted molar refractivity (Wildman–Crippen MR) is 84.2 cm³/mol. The second kappa shape index (κ2) is 7.64. The first-order chi connectivity index (χ1) is 9.69. The van der Waals surface area contributed by atoms with Crippen LogP contribution in [0.2, 0.25) is 0 Å². The monoisotopic (exact) mass is 298 g/mol. The fourth-order valence-electron chi connectivity index (χ4n) is 2.43. The Kier molecular flexibility index (Phi) is 6.45. The van der Waals surface area contributed by atoms with E-state index in [1.807, 2.05) is 25.7 Å². The number of hydrogen-bond donors (Lipinski definition) is 2. The third-order valence-corrected chi connectivity index (χ3v) is 3.45. The third-order valence-electron chi connectivity index (χ3n) is 3.45. The lowest BCUT2D eigenvalue weighted by Gasteiger charge is -2.34. The normalized spacial score (nSPS) is 16.7. The predicted octanol–water partition coefficient (Wildman–Crippen LogP) is 1.03. The van der Waals surface area contributed by atoms with E-state index >= 15 is 0 Å². The van der Waals surface area contributed by atoms with E-state index in [1.165, 1.54) is 0 Å². The molecule has 0 radical (unpaired) electrons. The molecule has 1 aliphatic rings. The lowest BCUT2D eigenvalue weighted by molar-refractivity contribution is -0.122. The summed E-state index contributed by atoms with van der Waals surface area (Å²) in [7, 11) is 3.56. The van der Waals surface area contributed by atoms with Crippen LogP contribution >= 0.6 is 0 Å². The van der Waals surface area contributed by atoms with Gasteiger partial charge in [-0.05, 0) is 33.6 Å². The van der Waals surface area contributed by atoms with Crippen LogP contribution in [-0.4, -0.2) is 67.0 Å². The number of piperidine rings is 1. The quantitative estimate of drug-likeness (QED) is 0.814.